The van der Waals surface area contributed by atoms with Crippen LogP contribution in [0, 0.1) is 5.92 Å². The molecule has 0 bridgehead atoms. The first-order valence-electron chi connectivity index (χ1n) is 6.50. The minimum atomic E-state index is 0.0601. The van der Waals surface area contributed by atoms with Crippen molar-refractivity contribution in [3.8, 4) is 0 Å². The van der Waals surface area contributed by atoms with Crippen molar-refractivity contribution in [3.63, 3.8) is 0 Å². The molecule has 2 saturated heterocycles. The van der Waals surface area contributed by atoms with E-state index in [9.17, 15) is 0 Å². The van der Waals surface area contributed by atoms with E-state index >= 15 is 0 Å². The number of halogens is 1. The molecule has 1 aromatic rings. The van der Waals surface area contributed by atoms with E-state index in [1.807, 2.05) is 0 Å². The van der Waals surface area contributed by atoms with Crippen LogP contribution in [-0.4, -0.2) is 34.8 Å². The van der Waals surface area contributed by atoms with Gasteiger partial charge in [0.25, 0.3) is 0 Å². The summed E-state index contributed by atoms with van der Waals surface area (Å²) >= 11 is 3.37. The number of anilines is 1. The van der Waals surface area contributed by atoms with E-state index in [1.165, 1.54) is 12.8 Å². The molecule has 0 radical (unpaired) electrons. The van der Waals surface area contributed by atoms with Gasteiger partial charge in [0.15, 0.2) is 0 Å². The minimum Gasteiger partial charge on any atom is -0.371 e. The maximum absolute atomic E-state index is 6.02. The van der Waals surface area contributed by atoms with Crippen LogP contribution < -0.4 is 4.90 Å². The summed E-state index contributed by atoms with van der Waals surface area (Å²) in [7, 11) is 0. The fourth-order valence-corrected chi connectivity index (χ4v) is 3.55. The zero-order chi connectivity index (χ0) is 12.8. The van der Waals surface area contributed by atoms with E-state index < -0.39 is 0 Å². The van der Waals surface area contributed by atoms with Crippen LogP contribution in [-0.2, 0) is 4.74 Å². The number of hydrogen-bond donors (Lipinski definition) is 0. The van der Waals surface area contributed by atoms with Gasteiger partial charge in [-0.25, -0.2) is 9.97 Å². The van der Waals surface area contributed by atoms with Gasteiger partial charge >= 0.3 is 0 Å². The van der Waals surface area contributed by atoms with Crippen LogP contribution in [0.15, 0.2) is 16.9 Å². The van der Waals surface area contributed by atoms with E-state index in [1.54, 1.807) is 12.4 Å². The summed E-state index contributed by atoms with van der Waals surface area (Å²) in [6.45, 7) is 6.33. The van der Waals surface area contributed by atoms with Crippen LogP contribution in [0.5, 0.6) is 0 Å². The smallest absolute Gasteiger partial charge is 0.225 e. The Morgan fingerprint density at radius 1 is 1.44 bits per heavy atom. The van der Waals surface area contributed by atoms with Crippen LogP contribution in [0.25, 0.3) is 0 Å². The number of hydrogen-bond acceptors (Lipinski definition) is 4. The van der Waals surface area contributed by atoms with Crippen molar-refractivity contribution in [3.05, 3.63) is 16.9 Å². The summed E-state index contributed by atoms with van der Waals surface area (Å²) in [4.78, 5) is 11.1. The Morgan fingerprint density at radius 3 is 2.72 bits per heavy atom. The fraction of sp³-hybridized carbons (Fsp3) is 0.692. The van der Waals surface area contributed by atoms with Crippen molar-refractivity contribution < 1.29 is 4.74 Å². The Morgan fingerprint density at radius 2 is 2.17 bits per heavy atom. The van der Waals surface area contributed by atoms with Crippen molar-refractivity contribution in [1.82, 2.24) is 9.97 Å². The van der Waals surface area contributed by atoms with Crippen molar-refractivity contribution in [1.29, 1.82) is 0 Å². The molecule has 18 heavy (non-hydrogen) atoms. The second-order valence-corrected chi connectivity index (χ2v) is 6.45. The van der Waals surface area contributed by atoms with Crippen LogP contribution in [0.4, 0.5) is 5.95 Å². The molecule has 2 aliphatic heterocycles. The highest BCUT2D eigenvalue weighted by atomic mass is 79.9. The molecular formula is C13H18BrN3O. The third-order valence-corrected chi connectivity index (χ3v) is 4.35. The Bertz CT molecular complexity index is 428. The van der Waals surface area contributed by atoms with E-state index in [0.29, 0.717) is 12.0 Å². The van der Waals surface area contributed by atoms with Gasteiger partial charge in [0.05, 0.1) is 17.1 Å². The monoisotopic (exact) mass is 311 g/mol. The molecule has 4 nitrogen and oxygen atoms in total. The summed E-state index contributed by atoms with van der Waals surface area (Å²) in [6.07, 6.45) is 5.96. The van der Waals surface area contributed by atoms with Gasteiger partial charge in [-0.05, 0) is 34.7 Å². The number of nitrogens with zero attached hydrogens (tertiary/aromatic N) is 3. The Labute approximate surface area is 116 Å². The summed E-state index contributed by atoms with van der Waals surface area (Å²) < 4.78 is 6.94. The molecule has 2 aliphatic rings. The zero-order valence-electron chi connectivity index (χ0n) is 10.8. The van der Waals surface area contributed by atoms with Gasteiger partial charge in [-0.3, -0.25) is 0 Å². The highest BCUT2D eigenvalue weighted by molar-refractivity contribution is 9.10. The van der Waals surface area contributed by atoms with Gasteiger partial charge in [-0.1, -0.05) is 13.8 Å². The first-order chi connectivity index (χ1) is 8.62. The molecule has 0 unspecified atom stereocenters. The lowest BCUT2D eigenvalue weighted by Gasteiger charge is -2.56. The van der Waals surface area contributed by atoms with Gasteiger partial charge in [-0.15, -0.1) is 0 Å². The number of rotatable bonds is 2. The van der Waals surface area contributed by atoms with Gasteiger partial charge in [0.2, 0.25) is 5.95 Å². The summed E-state index contributed by atoms with van der Waals surface area (Å²) in [5.74, 6) is 1.36. The molecule has 2 atom stereocenters. The first kappa shape index (κ1) is 12.4. The average Bonchev–Trinajstić information content (AvgIpc) is 2.77. The predicted molar refractivity (Wildman–Crippen MR) is 73.6 cm³/mol. The summed E-state index contributed by atoms with van der Waals surface area (Å²) in [5, 5.41) is 0. The molecule has 0 N–H and O–H groups in total. The molecule has 1 aromatic heterocycles. The second kappa shape index (κ2) is 4.46. The van der Waals surface area contributed by atoms with Gasteiger partial charge in [0.1, 0.15) is 5.60 Å². The van der Waals surface area contributed by atoms with Crippen LogP contribution in [0.1, 0.15) is 26.7 Å². The van der Waals surface area contributed by atoms with Gasteiger partial charge in [0, 0.05) is 19.0 Å². The molecule has 3 heterocycles. The Balaban J connectivity index is 1.84. The van der Waals surface area contributed by atoms with E-state index in [-0.39, 0.29) is 5.60 Å². The normalized spacial score (nSPS) is 31.1. The standard InChI is InChI=1S/C13H18BrN3O/c1-9(2)11-13(4-3-5-18-13)8-17(11)12-15-6-10(14)7-16-12/h6-7,9,11H,3-5,8H2,1-2H3/t11-,13+/m0/s1. The first-order valence-corrected chi connectivity index (χ1v) is 7.30. The molecule has 0 aromatic carbocycles. The minimum absolute atomic E-state index is 0.0601. The number of aromatic nitrogens is 2. The highest BCUT2D eigenvalue weighted by Crippen LogP contribution is 2.45. The lowest BCUT2D eigenvalue weighted by Crippen LogP contribution is -2.72. The van der Waals surface area contributed by atoms with E-state index in [2.05, 4.69) is 44.6 Å². The van der Waals surface area contributed by atoms with Crippen molar-refractivity contribution in [2.45, 2.75) is 38.3 Å². The van der Waals surface area contributed by atoms with Crippen molar-refractivity contribution >= 4 is 21.9 Å². The third-order valence-electron chi connectivity index (χ3n) is 3.94. The van der Waals surface area contributed by atoms with Gasteiger partial charge in [-0.2, -0.15) is 0 Å². The zero-order valence-corrected chi connectivity index (χ0v) is 12.4. The average molecular weight is 312 g/mol. The molecular weight excluding hydrogens is 294 g/mol. The lowest BCUT2D eigenvalue weighted by atomic mass is 9.75. The quantitative estimate of drug-likeness (QED) is 0.841. The Hall–Kier alpha value is -0.680. The SMILES string of the molecule is CC(C)[C@@H]1N(c2ncc(Br)cn2)C[C@]12CCCO2. The third kappa shape index (κ3) is 1.84. The molecule has 1 spiro atoms. The largest absolute Gasteiger partial charge is 0.371 e. The van der Waals surface area contributed by atoms with Crippen LogP contribution in [0.2, 0.25) is 0 Å². The Kier molecular flexibility index (Phi) is 3.06. The molecule has 2 fully saturated rings. The molecule has 0 saturated carbocycles. The van der Waals surface area contributed by atoms with Gasteiger partial charge < -0.3 is 9.64 Å². The summed E-state index contributed by atoms with van der Waals surface area (Å²) in [5.41, 5.74) is 0.0601. The molecule has 5 heteroatoms. The molecule has 0 aliphatic carbocycles. The molecule has 98 valence electrons. The molecule has 3 rings (SSSR count). The lowest BCUT2D eigenvalue weighted by molar-refractivity contribution is -0.0693. The highest BCUT2D eigenvalue weighted by Gasteiger charge is 2.57. The van der Waals surface area contributed by atoms with Crippen LogP contribution >= 0.6 is 15.9 Å². The molecule has 0 amide bonds. The van der Waals surface area contributed by atoms with Crippen molar-refractivity contribution in [2.75, 3.05) is 18.1 Å². The second-order valence-electron chi connectivity index (χ2n) is 5.53. The predicted octanol–water partition coefficient (Wildman–Crippen LogP) is 2.63. The number of ether oxygens (including phenoxy) is 1. The van der Waals surface area contributed by atoms with E-state index in [0.717, 1.165) is 23.6 Å². The summed E-state index contributed by atoms with van der Waals surface area (Å²) in [6, 6.07) is 0.404. The van der Waals surface area contributed by atoms with E-state index in [4.69, 9.17) is 4.74 Å². The van der Waals surface area contributed by atoms with Crippen molar-refractivity contribution in [2.24, 2.45) is 5.92 Å². The van der Waals surface area contributed by atoms with Crippen LogP contribution in [0.3, 0.4) is 0 Å². The maximum Gasteiger partial charge on any atom is 0.225 e. The topological polar surface area (TPSA) is 38.2 Å². The fourth-order valence-electron chi connectivity index (χ4n) is 3.35. The maximum atomic E-state index is 6.02.